The molecule has 15 heteroatoms. The summed E-state index contributed by atoms with van der Waals surface area (Å²) < 4.78 is 24.8. The van der Waals surface area contributed by atoms with Gasteiger partial charge in [-0.25, -0.2) is 18.3 Å². The number of fused-ring (bicyclic) bond motifs is 1. The number of β-lactam (4-membered cyclic amide) rings is 1. The summed E-state index contributed by atoms with van der Waals surface area (Å²) in [6.07, 6.45) is 0. The van der Waals surface area contributed by atoms with Gasteiger partial charge in [0, 0.05) is 11.0 Å². The highest BCUT2D eigenvalue weighted by Crippen LogP contribution is 2.43. The molecule has 0 spiro atoms. The molecule has 0 saturated carbocycles. The Bertz CT molecular complexity index is 1220. The van der Waals surface area contributed by atoms with E-state index in [0.29, 0.717) is 16.5 Å². The van der Waals surface area contributed by atoms with Gasteiger partial charge in [-0.2, -0.15) is 0 Å². The van der Waals surface area contributed by atoms with Gasteiger partial charge in [0.25, 0.3) is 5.91 Å². The van der Waals surface area contributed by atoms with Crippen molar-refractivity contribution in [1.29, 1.82) is 0 Å². The largest absolute Gasteiger partial charge is 0.477 e. The van der Waals surface area contributed by atoms with Crippen LogP contribution in [-0.2, 0) is 24.2 Å². The fraction of sp³-hybridized carbons (Fsp3) is 0.333. The lowest BCUT2D eigenvalue weighted by molar-refractivity contribution is -0.150. The van der Waals surface area contributed by atoms with Crippen LogP contribution in [0.3, 0.4) is 0 Å². The normalized spacial score (nSPS) is 21.2. The van der Waals surface area contributed by atoms with Gasteiger partial charge in [0.1, 0.15) is 22.9 Å². The first-order valence-corrected chi connectivity index (χ1v) is 13.2. The van der Waals surface area contributed by atoms with Gasteiger partial charge in [0.05, 0.1) is 4.90 Å². The lowest BCUT2D eigenvalue weighted by atomic mass is 10.0. The molecule has 0 bridgehead atoms. The average molecular weight is 511 g/mol. The third-order valence-corrected chi connectivity index (χ3v) is 9.01. The number of carbonyl (C=O) groups excluding carboxylic acids is 2. The summed E-state index contributed by atoms with van der Waals surface area (Å²) >= 11 is 2.52. The van der Waals surface area contributed by atoms with E-state index in [1.807, 2.05) is 0 Å². The highest BCUT2D eigenvalue weighted by molar-refractivity contribution is 8.01. The molecule has 2 aliphatic rings. The van der Waals surface area contributed by atoms with E-state index >= 15 is 0 Å². The van der Waals surface area contributed by atoms with Crippen molar-refractivity contribution in [2.24, 2.45) is 0 Å². The zero-order valence-corrected chi connectivity index (χ0v) is 19.5. The number of benzene rings is 1. The summed E-state index contributed by atoms with van der Waals surface area (Å²) in [7, 11) is -3.87. The third kappa shape index (κ3) is 4.60. The van der Waals surface area contributed by atoms with Crippen LogP contribution in [0.5, 0.6) is 0 Å². The minimum atomic E-state index is -3.87. The molecule has 2 aromatic rings. The molecule has 2 amide bonds. The smallest absolute Gasteiger partial charge is 0.352 e. The highest BCUT2D eigenvalue weighted by atomic mass is 32.2. The Morgan fingerprint density at radius 3 is 2.73 bits per heavy atom. The SMILES string of the molecule is CC(Sc1nnn[nH]1)C1=C(C(=O)O)N2C(=O)C(NC(=O)CS(=O)(=O)c3ccccc3)[C@@H]2SC1. The van der Waals surface area contributed by atoms with Crippen LogP contribution in [0.2, 0.25) is 0 Å². The predicted octanol–water partition coefficient (Wildman–Crippen LogP) is -0.107. The molecule has 2 unspecified atom stereocenters. The number of carbonyl (C=O) groups is 3. The zero-order chi connectivity index (χ0) is 23.8. The number of aromatic nitrogens is 4. The molecular weight excluding hydrogens is 492 g/mol. The van der Waals surface area contributed by atoms with Crippen molar-refractivity contribution in [3.05, 3.63) is 41.6 Å². The summed E-state index contributed by atoms with van der Waals surface area (Å²) in [4.78, 5) is 38.3. The quantitative estimate of drug-likeness (QED) is 0.319. The third-order valence-electron chi connectivity index (χ3n) is 5.05. The van der Waals surface area contributed by atoms with Crippen LogP contribution in [0.15, 0.2) is 51.7 Å². The highest BCUT2D eigenvalue weighted by Gasteiger charge is 2.54. The van der Waals surface area contributed by atoms with Crippen molar-refractivity contribution < 1.29 is 27.9 Å². The Morgan fingerprint density at radius 1 is 1.36 bits per heavy atom. The molecule has 33 heavy (non-hydrogen) atoms. The summed E-state index contributed by atoms with van der Waals surface area (Å²) in [5.41, 5.74) is 0.383. The Balaban J connectivity index is 1.47. The molecule has 0 aliphatic carbocycles. The van der Waals surface area contributed by atoms with E-state index in [0.717, 1.165) is 4.90 Å². The number of nitrogens with zero attached hydrogens (tertiary/aromatic N) is 4. The van der Waals surface area contributed by atoms with Gasteiger partial charge in [0.2, 0.25) is 11.1 Å². The summed E-state index contributed by atoms with van der Waals surface area (Å²) in [5, 5.41) is 25.0. The van der Waals surface area contributed by atoms with Crippen LogP contribution in [0.4, 0.5) is 0 Å². The van der Waals surface area contributed by atoms with Crippen LogP contribution >= 0.6 is 23.5 Å². The van der Waals surface area contributed by atoms with Gasteiger partial charge in [-0.1, -0.05) is 30.0 Å². The van der Waals surface area contributed by atoms with E-state index < -0.39 is 44.8 Å². The number of nitrogens with one attached hydrogen (secondary N) is 2. The topological polar surface area (TPSA) is 175 Å². The van der Waals surface area contributed by atoms with Crippen molar-refractivity contribution in [1.82, 2.24) is 30.8 Å². The Kier molecular flexibility index (Phi) is 6.45. The zero-order valence-electron chi connectivity index (χ0n) is 17.0. The van der Waals surface area contributed by atoms with Gasteiger partial charge < -0.3 is 10.4 Å². The second-order valence-electron chi connectivity index (χ2n) is 7.17. The van der Waals surface area contributed by atoms with Crippen molar-refractivity contribution in [2.75, 3.05) is 11.5 Å². The molecular formula is C18H18N6O6S3. The average Bonchev–Trinajstić information content (AvgIpc) is 3.29. The van der Waals surface area contributed by atoms with Crippen LogP contribution < -0.4 is 5.32 Å². The second-order valence-corrected chi connectivity index (χ2v) is 11.6. The number of thioether (sulfide) groups is 2. The lowest BCUT2D eigenvalue weighted by Crippen LogP contribution is -2.71. The Labute approximate surface area is 196 Å². The van der Waals surface area contributed by atoms with Crippen LogP contribution in [0, 0.1) is 0 Å². The van der Waals surface area contributed by atoms with Crippen molar-refractivity contribution in [2.45, 2.75) is 33.6 Å². The molecule has 12 nitrogen and oxygen atoms in total. The van der Waals surface area contributed by atoms with Crippen LogP contribution in [0.1, 0.15) is 6.92 Å². The number of rotatable bonds is 8. The summed E-state index contributed by atoms with van der Waals surface area (Å²) in [6.45, 7) is 1.78. The van der Waals surface area contributed by atoms with Crippen molar-refractivity contribution in [3.8, 4) is 0 Å². The minimum Gasteiger partial charge on any atom is -0.477 e. The lowest BCUT2D eigenvalue weighted by Gasteiger charge is -2.50. The summed E-state index contributed by atoms with van der Waals surface area (Å²) in [6, 6.07) is 6.51. The van der Waals surface area contributed by atoms with E-state index in [2.05, 4.69) is 25.9 Å². The van der Waals surface area contributed by atoms with Crippen molar-refractivity contribution >= 4 is 51.1 Å². The van der Waals surface area contributed by atoms with E-state index in [1.54, 1.807) is 25.1 Å². The molecule has 4 rings (SSSR count). The second kappa shape index (κ2) is 9.15. The molecule has 3 heterocycles. The first kappa shape index (κ1) is 23.3. The van der Waals surface area contributed by atoms with Gasteiger partial charge in [-0.05, 0) is 35.1 Å². The van der Waals surface area contributed by atoms with Gasteiger partial charge in [0.15, 0.2) is 9.84 Å². The monoisotopic (exact) mass is 510 g/mol. The number of aromatic amines is 1. The van der Waals surface area contributed by atoms with E-state index in [4.69, 9.17) is 0 Å². The maximum Gasteiger partial charge on any atom is 0.352 e. The number of sulfone groups is 1. The Morgan fingerprint density at radius 2 is 2.09 bits per heavy atom. The van der Waals surface area contributed by atoms with Crippen molar-refractivity contribution in [3.63, 3.8) is 0 Å². The molecule has 3 atom stereocenters. The molecule has 2 aliphatic heterocycles. The first-order valence-electron chi connectivity index (χ1n) is 9.57. The molecule has 1 aromatic heterocycles. The number of tetrazole rings is 1. The standard InChI is InChI=1S/C18H18N6O6S3/c1-9(32-18-20-22-23-21-18)11-7-31-16-13(15(26)24(16)14(11)17(27)28)19-12(25)8-33(29,30)10-5-3-2-4-6-10/h2-6,9,13,16H,7-8H2,1H3,(H,19,25)(H,27,28)(H,20,21,22,23)/t9?,13?,16-/m0/s1. The predicted molar refractivity (Wildman–Crippen MR) is 118 cm³/mol. The number of carboxylic acids is 1. The van der Waals surface area contributed by atoms with E-state index in [9.17, 15) is 27.9 Å². The number of aliphatic carboxylic acids is 1. The maximum atomic E-state index is 12.8. The fourth-order valence-corrected chi connectivity index (χ4v) is 7.09. The molecule has 1 fully saturated rings. The van der Waals surface area contributed by atoms with Gasteiger partial charge in [-0.15, -0.1) is 16.9 Å². The minimum absolute atomic E-state index is 0.00272. The van der Waals surface area contributed by atoms with E-state index in [1.165, 1.54) is 35.7 Å². The number of carboxylic acid groups (broad SMARTS) is 1. The number of hydrogen-bond donors (Lipinski definition) is 3. The summed E-state index contributed by atoms with van der Waals surface area (Å²) in [5.74, 6) is -3.20. The van der Waals surface area contributed by atoms with E-state index in [-0.39, 0.29) is 15.8 Å². The molecule has 174 valence electrons. The molecule has 3 N–H and O–H groups in total. The van der Waals surface area contributed by atoms with Crippen LogP contribution in [-0.4, -0.2) is 85.0 Å². The first-order chi connectivity index (χ1) is 15.7. The number of amides is 2. The Hall–Kier alpha value is -2.91. The molecule has 1 saturated heterocycles. The molecule has 1 aromatic carbocycles. The fourth-order valence-electron chi connectivity index (χ4n) is 3.49. The van der Waals surface area contributed by atoms with Gasteiger partial charge in [-0.3, -0.25) is 14.5 Å². The van der Waals surface area contributed by atoms with Crippen LogP contribution in [0.25, 0.3) is 0 Å². The maximum absolute atomic E-state index is 12.8. The van der Waals surface area contributed by atoms with Gasteiger partial charge >= 0.3 is 5.97 Å². The molecule has 0 radical (unpaired) electrons. The number of H-pyrrole nitrogens is 1. The number of hydrogen-bond acceptors (Lipinski definition) is 10.